The van der Waals surface area contributed by atoms with Crippen molar-refractivity contribution in [2.45, 2.75) is 11.5 Å². The standard InChI is InChI=1S/C12H11F2NO3S/c1-15-6-10(19(2)17)11(16)8-4-3-7(5-9(8)15)18-12(13)14/h3-6,12H,1-2H3. The van der Waals surface area contributed by atoms with Crippen LogP contribution in [0.25, 0.3) is 10.9 Å². The second-order valence-electron chi connectivity index (χ2n) is 3.94. The van der Waals surface area contributed by atoms with E-state index in [0.29, 0.717) is 10.9 Å². The Morgan fingerprint density at radius 2 is 2.11 bits per heavy atom. The fourth-order valence-electron chi connectivity index (χ4n) is 1.81. The molecule has 1 atom stereocenters. The normalized spacial score (nSPS) is 12.9. The van der Waals surface area contributed by atoms with Gasteiger partial charge in [-0.1, -0.05) is 0 Å². The number of aromatic nitrogens is 1. The summed E-state index contributed by atoms with van der Waals surface area (Å²) in [5.41, 5.74) is 0.0786. The van der Waals surface area contributed by atoms with E-state index in [-0.39, 0.29) is 16.1 Å². The van der Waals surface area contributed by atoms with E-state index < -0.39 is 17.8 Å². The van der Waals surface area contributed by atoms with Crippen LogP contribution in [-0.2, 0) is 18.2 Å². The number of benzene rings is 1. The zero-order valence-electron chi connectivity index (χ0n) is 10.2. The van der Waals surface area contributed by atoms with Crippen molar-refractivity contribution in [1.82, 2.24) is 4.57 Å². The van der Waals surface area contributed by atoms with Gasteiger partial charge in [0, 0.05) is 13.1 Å². The van der Waals surface area contributed by atoms with E-state index in [9.17, 15) is 18.1 Å². The summed E-state index contributed by atoms with van der Waals surface area (Å²) in [4.78, 5) is 12.2. The first kappa shape index (κ1) is 13.8. The molecule has 0 aliphatic carbocycles. The number of fused-ring (bicyclic) bond motifs is 1. The van der Waals surface area contributed by atoms with Crippen LogP contribution >= 0.6 is 0 Å². The first-order chi connectivity index (χ1) is 8.90. The van der Waals surface area contributed by atoms with E-state index >= 15 is 0 Å². The first-order valence-corrected chi connectivity index (χ1v) is 6.87. The quantitative estimate of drug-likeness (QED) is 0.810. The molecule has 0 aliphatic rings. The predicted octanol–water partition coefficient (Wildman–Crippen LogP) is 1.88. The van der Waals surface area contributed by atoms with E-state index in [1.807, 2.05) is 0 Å². The Morgan fingerprint density at radius 3 is 2.68 bits per heavy atom. The van der Waals surface area contributed by atoms with Crippen molar-refractivity contribution in [2.75, 3.05) is 6.26 Å². The van der Waals surface area contributed by atoms with Gasteiger partial charge in [-0.15, -0.1) is 0 Å². The van der Waals surface area contributed by atoms with Crippen LogP contribution in [0, 0.1) is 0 Å². The first-order valence-electron chi connectivity index (χ1n) is 5.32. The van der Waals surface area contributed by atoms with Gasteiger partial charge in [0.1, 0.15) is 12.0 Å². The number of rotatable bonds is 3. The number of alkyl halides is 2. The Hall–Kier alpha value is -1.60. The molecule has 1 heterocycles. The van der Waals surface area contributed by atoms with Gasteiger partial charge in [0.25, 0.3) is 0 Å². The SMILES string of the molecule is Cn1cc([S+](C)[O-])c(=O)c2ccc(OC(F)F)cc21. The molecule has 7 heteroatoms. The molecule has 0 spiro atoms. The van der Waals surface area contributed by atoms with Crippen molar-refractivity contribution in [3.8, 4) is 5.75 Å². The molecular weight excluding hydrogens is 276 g/mol. The van der Waals surface area contributed by atoms with Crippen molar-refractivity contribution in [3.63, 3.8) is 0 Å². The molecule has 0 amide bonds. The highest BCUT2D eigenvalue weighted by molar-refractivity contribution is 7.90. The second kappa shape index (κ2) is 5.18. The molecular formula is C12H11F2NO3S. The van der Waals surface area contributed by atoms with Gasteiger partial charge in [0.2, 0.25) is 10.3 Å². The van der Waals surface area contributed by atoms with Gasteiger partial charge >= 0.3 is 6.61 Å². The summed E-state index contributed by atoms with van der Waals surface area (Å²) in [5, 5.41) is 0.316. The highest BCUT2D eigenvalue weighted by Crippen LogP contribution is 2.21. The van der Waals surface area contributed by atoms with E-state index in [1.165, 1.54) is 30.7 Å². The van der Waals surface area contributed by atoms with Gasteiger partial charge in [-0.05, 0) is 23.3 Å². The summed E-state index contributed by atoms with van der Waals surface area (Å²) in [5.74, 6) is -0.0251. The van der Waals surface area contributed by atoms with Crippen molar-refractivity contribution in [2.24, 2.45) is 7.05 Å². The Balaban J connectivity index is 2.66. The van der Waals surface area contributed by atoms with Crippen LogP contribution in [0.1, 0.15) is 0 Å². The minimum Gasteiger partial charge on any atom is -0.612 e. The topological polar surface area (TPSA) is 54.3 Å². The fraction of sp³-hybridized carbons (Fsp3) is 0.250. The minimum atomic E-state index is -2.92. The molecule has 1 unspecified atom stereocenters. The number of pyridine rings is 1. The molecule has 2 rings (SSSR count). The summed E-state index contributed by atoms with van der Waals surface area (Å²) < 4.78 is 41.6. The summed E-state index contributed by atoms with van der Waals surface area (Å²) in [7, 11) is 1.64. The average molecular weight is 287 g/mol. The lowest BCUT2D eigenvalue weighted by Crippen LogP contribution is -2.17. The van der Waals surface area contributed by atoms with Gasteiger partial charge < -0.3 is 13.9 Å². The number of hydrogen-bond donors (Lipinski definition) is 0. The van der Waals surface area contributed by atoms with Crippen molar-refractivity contribution < 1.29 is 18.1 Å². The molecule has 2 aromatic rings. The van der Waals surface area contributed by atoms with Crippen LogP contribution in [-0.4, -0.2) is 22.0 Å². The molecule has 0 radical (unpaired) electrons. The van der Waals surface area contributed by atoms with Crippen molar-refractivity contribution in [1.29, 1.82) is 0 Å². The van der Waals surface area contributed by atoms with E-state index in [4.69, 9.17) is 0 Å². The van der Waals surface area contributed by atoms with Crippen LogP contribution in [0.4, 0.5) is 8.78 Å². The molecule has 0 bridgehead atoms. The lowest BCUT2D eigenvalue weighted by atomic mass is 10.2. The number of hydrogen-bond acceptors (Lipinski definition) is 3. The highest BCUT2D eigenvalue weighted by atomic mass is 32.2. The molecule has 4 nitrogen and oxygen atoms in total. The van der Waals surface area contributed by atoms with E-state index in [2.05, 4.69) is 4.74 Å². The molecule has 1 aromatic carbocycles. The Kier molecular flexibility index (Phi) is 3.77. The molecule has 0 N–H and O–H groups in total. The molecule has 0 fully saturated rings. The zero-order chi connectivity index (χ0) is 14.2. The van der Waals surface area contributed by atoms with Crippen LogP contribution in [0.2, 0.25) is 0 Å². The van der Waals surface area contributed by atoms with E-state index in [1.54, 1.807) is 11.6 Å². The third-order valence-corrected chi connectivity index (χ3v) is 3.57. The number of ether oxygens (including phenoxy) is 1. The van der Waals surface area contributed by atoms with Crippen LogP contribution in [0.15, 0.2) is 34.1 Å². The largest absolute Gasteiger partial charge is 0.612 e. The smallest absolute Gasteiger partial charge is 0.387 e. The predicted molar refractivity (Wildman–Crippen MR) is 68.2 cm³/mol. The maximum absolute atomic E-state index is 12.1. The van der Waals surface area contributed by atoms with Gasteiger partial charge in [-0.2, -0.15) is 8.78 Å². The van der Waals surface area contributed by atoms with Gasteiger partial charge in [0.15, 0.2) is 0 Å². The lowest BCUT2D eigenvalue weighted by Gasteiger charge is -2.11. The monoisotopic (exact) mass is 287 g/mol. The molecule has 19 heavy (non-hydrogen) atoms. The van der Waals surface area contributed by atoms with Gasteiger partial charge in [-0.3, -0.25) is 4.79 Å². The molecule has 0 saturated heterocycles. The lowest BCUT2D eigenvalue weighted by molar-refractivity contribution is -0.0497. The van der Waals surface area contributed by atoms with Crippen molar-refractivity contribution in [3.05, 3.63) is 34.6 Å². The Morgan fingerprint density at radius 1 is 1.42 bits per heavy atom. The average Bonchev–Trinajstić information content (AvgIpc) is 2.32. The molecule has 1 aromatic heterocycles. The summed E-state index contributed by atoms with van der Waals surface area (Å²) in [6.45, 7) is -2.92. The van der Waals surface area contributed by atoms with Crippen LogP contribution < -0.4 is 10.2 Å². The van der Waals surface area contributed by atoms with Crippen LogP contribution in [0.5, 0.6) is 5.75 Å². The number of halogens is 2. The molecule has 102 valence electrons. The zero-order valence-corrected chi connectivity index (χ0v) is 11.0. The fourth-order valence-corrected chi connectivity index (χ4v) is 2.49. The summed E-state index contributed by atoms with van der Waals surface area (Å²) in [6.07, 6.45) is 2.85. The third-order valence-electron chi connectivity index (χ3n) is 2.66. The number of nitrogens with zero attached hydrogens (tertiary/aromatic N) is 1. The van der Waals surface area contributed by atoms with Gasteiger partial charge in [0.05, 0.1) is 17.1 Å². The highest BCUT2D eigenvalue weighted by Gasteiger charge is 2.16. The Bertz CT molecular complexity index is 670. The molecule has 0 saturated carbocycles. The maximum Gasteiger partial charge on any atom is 0.387 e. The van der Waals surface area contributed by atoms with Crippen molar-refractivity contribution >= 4 is 22.1 Å². The van der Waals surface area contributed by atoms with Gasteiger partial charge in [-0.25, -0.2) is 0 Å². The van der Waals surface area contributed by atoms with E-state index in [0.717, 1.165) is 0 Å². The maximum atomic E-state index is 12.1. The molecule has 0 aliphatic heterocycles. The van der Waals surface area contributed by atoms with Crippen LogP contribution in [0.3, 0.4) is 0 Å². The second-order valence-corrected chi connectivity index (χ2v) is 5.29. The third kappa shape index (κ3) is 2.71. The Labute approximate surface area is 110 Å². The summed E-state index contributed by atoms with van der Waals surface area (Å²) in [6, 6.07) is 4.04. The minimum absolute atomic E-state index is 0.0251. The summed E-state index contributed by atoms with van der Waals surface area (Å²) >= 11 is -1.41. The number of aryl methyl sites for hydroxylation is 1.